The summed E-state index contributed by atoms with van der Waals surface area (Å²) in [7, 11) is -3.76. The Morgan fingerprint density at radius 3 is 2.30 bits per heavy atom. The fourth-order valence-electron chi connectivity index (χ4n) is 3.09. The highest BCUT2D eigenvalue weighted by Crippen LogP contribution is 2.22. The molecule has 0 radical (unpaired) electrons. The maximum absolute atomic E-state index is 12.8. The van der Waals surface area contributed by atoms with E-state index in [2.05, 4.69) is 15.6 Å². The van der Waals surface area contributed by atoms with Crippen molar-refractivity contribution in [2.75, 3.05) is 0 Å². The van der Waals surface area contributed by atoms with Gasteiger partial charge < -0.3 is 5.32 Å². The number of benzene rings is 2. The number of sulfonamides is 1. The third-order valence-corrected chi connectivity index (χ3v) is 5.69. The summed E-state index contributed by atoms with van der Waals surface area (Å²) in [6.07, 6.45) is 1.68. The van der Waals surface area contributed by atoms with Crippen molar-refractivity contribution in [2.45, 2.75) is 38.3 Å². The number of carbonyl (C=O) groups is 1. The van der Waals surface area contributed by atoms with Crippen LogP contribution in [0.15, 0.2) is 59.6 Å². The molecule has 0 unspecified atom stereocenters. The average molecular weight is 428 g/mol. The van der Waals surface area contributed by atoms with Gasteiger partial charge in [0, 0.05) is 12.1 Å². The molecule has 9 heteroatoms. The van der Waals surface area contributed by atoms with E-state index in [1.165, 1.54) is 16.8 Å². The Kier molecular flexibility index (Phi) is 6.33. The number of rotatable bonds is 7. The highest BCUT2D eigenvalue weighted by Gasteiger charge is 2.25. The smallest absolute Gasteiger partial charge is 0.245 e. The molecule has 1 aromatic heterocycles. The summed E-state index contributed by atoms with van der Waals surface area (Å²) in [5.41, 5.74) is 3.40. The lowest BCUT2D eigenvalue weighted by molar-refractivity contribution is -0.126. The highest BCUT2D eigenvalue weighted by atomic mass is 32.2. The molecule has 0 bridgehead atoms. The molecule has 0 aliphatic carbocycles. The Morgan fingerprint density at radius 1 is 1.10 bits per heavy atom. The summed E-state index contributed by atoms with van der Waals surface area (Å²) >= 11 is 0. The first-order chi connectivity index (χ1) is 14.1. The second kappa shape index (κ2) is 8.76. The van der Waals surface area contributed by atoms with E-state index in [-0.39, 0.29) is 16.7 Å². The molecule has 0 aliphatic heterocycles. The van der Waals surface area contributed by atoms with E-state index in [1.54, 1.807) is 18.3 Å². The molecule has 2 aromatic carbocycles. The lowest BCUT2D eigenvalue weighted by Gasteiger charge is -2.20. The standard InChI is InChI=1S/C21H25N5O3S/c1-14(2)20(21(27)23-12-16-6-4-15(3)5-7-16)26-13-19(24-25-26)17-8-10-18(11-9-17)30(22,28)29/h4-11,13-14,20H,12H2,1-3H3,(H,23,27)(H2,22,28,29)/t20-/m0/s1. The van der Waals surface area contributed by atoms with Crippen LogP contribution in [0.4, 0.5) is 0 Å². The molecule has 30 heavy (non-hydrogen) atoms. The van der Waals surface area contributed by atoms with E-state index < -0.39 is 16.1 Å². The Hall–Kier alpha value is -3.04. The second-order valence-electron chi connectivity index (χ2n) is 7.55. The van der Waals surface area contributed by atoms with Crippen molar-refractivity contribution in [1.82, 2.24) is 20.3 Å². The van der Waals surface area contributed by atoms with E-state index >= 15 is 0 Å². The Labute approximate surface area is 176 Å². The van der Waals surface area contributed by atoms with Gasteiger partial charge in [0.1, 0.15) is 11.7 Å². The minimum Gasteiger partial charge on any atom is -0.350 e. The molecule has 1 heterocycles. The first-order valence-corrected chi connectivity index (χ1v) is 11.1. The van der Waals surface area contributed by atoms with Crippen LogP contribution in [0.3, 0.4) is 0 Å². The number of nitrogens with two attached hydrogens (primary N) is 1. The molecule has 3 aromatic rings. The van der Waals surface area contributed by atoms with Crippen molar-refractivity contribution in [3.8, 4) is 11.3 Å². The summed E-state index contributed by atoms with van der Waals surface area (Å²) in [4.78, 5) is 12.9. The van der Waals surface area contributed by atoms with Crippen molar-refractivity contribution in [3.63, 3.8) is 0 Å². The SMILES string of the molecule is Cc1ccc(CNC(=O)[C@H](C(C)C)n2cc(-c3ccc(S(N)(=O)=O)cc3)nn2)cc1. The van der Waals surface area contributed by atoms with Gasteiger partial charge in [0.2, 0.25) is 15.9 Å². The van der Waals surface area contributed by atoms with Gasteiger partial charge >= 0.3 is 0 Å². The van der Waals surface area contributed by atoms with Crippen LogP contribution in [0, 0.1) is 12.8 Å². The summed E-state index contributed by atoms with van der Waals surface area (Å²) in [6.45, 7) is 6.33. The minimum absolute atomic E-state index is 0.0117. The van der Waals surface area contributed by atoms with E-state index in [0.717, 1.165) is 11.1 Å². The quantitative estimate of drug-likeness (QED) is 0.600. The summed E-state index contributed by atoms with van der Waals surface area (Å²) in [5.74, 6) is -0.158. The Morgan fingerprint density at radius 2 is 1.73 bits per heavy atom. The van der Waals surface area contributed by atoms with Crippen molar-refractivity contribution in [2.24, 2.45) is 11.1 Å². The highest BCUT2D eigenvalue weighted by molar-refractivity contribution is 7.89. The Bertz CT molecular complexity index is 1120. The lowest BCUT2D eigenvalue weighted by atomic mass is 10.0. The molecule has 0 fully saturated rings. The van der Waals surface area contributed by atoms with Crippen molar-refractivity contribution < 1.29 is 13.2 Å². The molecule has 0 saturated carbocycles. The number of primary sulfonamides is 1. The van der Waals surface area contributed by atoms with Gasteiger partial charge in [0.05, 0.1) is 11.1 Å². The van der Waals surface area contributed by atoms with E-state index in [1.807, 2.05) is 45.0 Å². The predicted molar refractivity (Wildman–Crippen MR) is 114 cm³/mol. The fourth-order valence-corrected chi connectivity index (χ4v) is 3.60. The Balaban J connectivity index is 1.76. The van der Waals surface area contributed by atoms with Crippen LogP contribution >= 0.6 is 0 Å². The number of aryl methyl sites for hydroxylation is 1. The van der Waals surface area contributed by atoms with Gasteiger partial charge in [0.15, 0.2) is 0 Å². The molecule has 1 amide bonds. The van der Waals surface area contributed by atoms with Crippen molar-refractivity contribution in [1.29, 1.82) is 0 Å². The third-order valence-electron chi connectivity index (χ3n) is 4.76. The molecule has 0 saturated heterocycles. The van der Waals surface area contributed by atoms with Gasteiger partial charge in [-0.2, -0.15) is 0 Å². The first-order valence-electron chi connectivity index (χ1n) is 9.53. The summed E-state index contributed by atoms with van der Waals surface area (Å²) in [5, 5.41) is 16.4. The predicted octanol–water partition coefficient (Wildman–Crippen LogP) is 2.41. The summed E-state index contributed by atoms with van der Waals surface area (Å²) in [6, 6.07) is 13.5. The van der Waals surface area contributed by atoms with E-state index in [9.17, 15) is 13.2 Å². The first kappa shape index (κ1) is 21.7. The average Bonchev–Trinajstić information content (AvgIpc) is 3.16. The minimum atomic E-state index is -3.76. The normalized spacial score (nSPS) is 12.7. The number of nitrogens with zero attached hydrogens (tertiary/aromatic N) is 3. The zero-order valence-corrected chi connectivity index (χ0v) is 17.9. The van der Waals surface area contributed by atoms with Crippen LogP contribution in [0.2, 0.25) is 0 Å². The van der Waals surface area contributed by atoms with Crippen LogP contribution in [0.25, 0.3) is 11.3 Å². The molecule has 3 N–H and O–H groups in total. The third kappa shape index (κ3) is 5.11. The molecule has 1 atom stereocenters. The van der Waals surface area contributed by atoms with Gasteiger partial charge in [-0.05, 0) is 30.5 Å². The van der Waals surface area contributed by atoms with Gasteiger partial charge in [-0.15, -0.1) is 5.10 Å². The zero-order chi connectivity index (χ0) is 21.9. The lowest BCUT2D eigenvalue weighted by Crippen LogP contribution is -2.35. The van der Waals surface area contributed by atoms with Crippen LogP contribution < -0.4 is 10.5 Å². The van der Waals surface area contributed by atoms with Crippen LogP contribution in [0.1, 0.15) is 31.0 Å². The van der Waals surface area contributed by atoms with Gasteiger partial charge in [-0.1, -0.05) is 61.0 Å². The molecular weight excluding hydrogens is 402 g/mol. The van der Waals surface area contributed by atoms with Gasteiger partial charge in [-0.25, -0.2) is 18.2 Å². The number of amides is 1. The van der Waals surface area contributed by atoms with Crippen molar-refractivity contribution >= 4 is 15.9 Å². The molecule has 158 valence electrons. The maximum Gasteiger partial charge on any atom is 0.245 e. The van der Waals surface area contributed by atoms with Gasteiger partial charge in [-0.3, -0.25) is 4.79 Å². The number of nitrogens with one attached hydrogen (secondary N) is 1. The van der Waals surface area contributed by atoms with E-state index in [0.29, 0.717) is 17.8 Å². The zero-order valence-electron chi connectivity index (χ0n) is 17.1. The van der Waals surface area contributed by atoms with Crippen LogP contribution in [-0.4, -0.2) is 29.3 Å². The molecule has 0 spiro atoms. The molecular formula is C21H25N5O3S. The van der Waals surface area contributed by atoms with E-state index in [4.69, 9.17) is 5.14 Å². The molecule has 3 rings (SSSR count). The topological polar surface area (TPSA) is 120 Å². The monoisotopic (exact) mass is 427 g/mol. The number of aromatic nitrogens is 3. The maximum atomic E-state index is 12.8. The fraction of sp³-hybridized carbons (Fsp3) is 0.286. The number of hydrogen-bond acceptors (Lipinski definition) is 5. The summed E-state index contributed by atoms with van der Waals surface area (Å²) < 4.78 is 24.4. The van der Waals surface area contributed by atoms with Crippen molar-refractivity contribution in [3.05, 3.63) is 65.9 Å². The molecule has 0 aliphatic rings. The molecule has 8 nitrogen and oxygen atoms in total. The number of carbonyl (C=O) groups excluding carboxylic acids is 1. The largest absolute Gasteiger partial charge is 0.350 e. The second-order valence-corrected chi connectivity index (χ2v) is 9.11. The van der Waals surface area contributed by atoms with Crippen LogP contribution in [-0.2, 0) is 21.4 Å². The number of hydrogen-bond donors (Lipinski definition) is 2. The van der Waals surface area contributed by atoms with Crippen LogP contribution in [0.5, 0.6) is 0 Å². The van der Waals surface area contributed by atoms with Gasteiger partial charge in [0.25, 0.3) is 0 Å².